The van der Waals surface area contributed by atoms with E-state index in [1.54, 1.807) is 13.8 Å². The number of rotatable bonds is 4. The SMILES string of the molecule is CCNC(=O)NC(=O)[C@@H](C)Sc1cc(C)ccc1C. The van der Waals surface area contributed by atoms with Crippen LogP contribution in [-0.4, -0.2) is 23.7 Å². The summed E-state index contributed by atoms with van der Waals surface area (Å²) in [6.45, 7) is 8.12. The molecule has 19 heavy (non-hydrogen) atoms. The average Bonchev–Trinajstić information content (AvgIpc) is 2.34. The second-order valence-corrected chi connectivity index (χ2v) is 5.76. The molecule has 0 aliphatic heterocycles. The summed E-state index contributed by atoms with van der Waals surface area (Å²) < 4.78 is 0. The molecule has 5 heteroatoms. The Labute approximate surface area is 118 Å². The molecule has 0 unspecified atom stereocenters. The highest BCUT2D eigenvalue weighted by Crippen LogP contribution is 2.27. The highest BCUT2D eigenvalue weighted by atomic mass is 32.2. The Hall–Kier alpha value is -1.49. The standard InChI is InChI=1S/C14H20N2O2S/c1-5-15-14(18)16-13(17)11(4)19-12-8-9(2)6-7-10(12)3/h6-8,11H,5H2,1-4H3,(H2,15,16,17,18)/t11-/m1/s1. The van der Waals surface area contributed by atoms with Crippen LogP contribution >= 0.6 is 11.8 Å². The average molecular weight is 280 g/mol. The van der Waals surface area contributed by atoms with Gasteiger partial charge >= 0.3 is 6.03 Å². The molecule has 1 atom stereocenters. The summed E-state index contributed by atoms with van der Waals surface area (Å²) in [7, 11) is 0. The largest absolute Gasteiger partial charge is 0.338 e. The fraction of sp³-hybridized carbons (Fsp3) is 0.429. The normalized spacial score (nSPS) is 11.8. The molecular formula is C14H20N2O2S. The zero-order valence-electron chi connectivity index (χ0n) is 11.7. The van der Waals surface area contributed by atoms with Crippen LogP contribution in [0.15, 0.2) is 23.1 Å². The smallest absolute Gasteiger partial charge is 0.321 e. The summed E-state index contributed by atoms with van der Waals surface area (Å²) in [5, 5.41) is 4.54. The Balaban J connectivity index is 2.63. The molecule has 0 saturated heterocycles. The zero-order chi connectivity index (χ0) is 14.4. The number of benzene rings is 1. The fourth-order valence-electron chi connectivity index (χ4n) is 1.50. The Morgan fingerprint density at radius 2 is 2.00 bits per heavy atom. The minimum absolute atomic E-state index is 0.281. The molecule has 104 valence electrons. The number of nitrogens with one attached hydrogen (secondary N) is 2. The van der Waals surface area contributed by atoms with Gasteiger partial charge in [0.1, 0.15) is 0 Å². The van der Waals surface area contributed by atoms with Crippen LogP contribution < -0.4 is 10.6 Å². The molecule has 0 fully saturated rings. The third kappa shape index (κ3) is 4.95. The number of hydrogen-bond acceptors (Lipinski definition) is 3. The third-order valence-corrected chi connectivity index (χ3v) is 3.85. The van der Waals surface area contributed by atoms with Crippen molar-refractivity contribution in [2.45, 2.75) is 37.8 Å². The van der Waals surface area contributed by atoms with Crippen LogP contribution in [0.4, 0.5) is 4.79 Å². The molecular weight excluding hydrogens is 260 g/mol. The van der Waals surface area contributed by atoms with Gasteiger partial charge in [-0.15, -0.1) is 11.8 Å². The number of amides is 3. The second kappa shape index (κ2) is 7.19. The molecule has 1 aromatic rings. The first kappa shape index (κ1) is 15.6. The summed E-state index contributed by atoms with van der Waals surface area (Å²) in [6, 6.07) is 5.68. The first-order chi connectivity index (χ1) is 8.93. The summed E-state index contributed by atoms with van der Waals surface area (Å²) in [5.41, 5.74) is 2.29. The van der Waals surface area contributed by atoms with Crippen molar-refractivity contribution in [2.24, 2.45) is 0 Å². The van der Waals surface area contributed by atoms with E-state index >= 15 is 0 Å². The number of carbonyl (C=O) groups is 2. The predicted molar refractivity (Wildman–Crippen MR) is 78.5 cm³/mol. The summed E-state index contributed by atoms with van der Waals surface area (Å²) in [6.07, 6.45) is 0. The quantitative estimate of drug-likeness (QED) is 0.834. The highest BCUT2D eigenvalue weighted by molar-refractivity contribution is 8.00. The van der Waals surface area contributed by atoms with Gasteiger partial charge in [-0.3, -0.25) is 10.1 Å². The number of hydrogen-bond donors (Lipinski definition) is 2. The van der Waals surface area contributed by atoms with Crippen LogP contribution in [0.2, 0.25) is 0 Å². The van der Waals surface area contributed by atoms with E-state index in [1.165, 1.54) is 11.8 Å². The molecule has 0 heterocycles. The van der Waals surface area contributed by atoms with E-state index in [0.717, 1.165) is 16.0 Å². The number of thioether (sulfide) groups is 1. The van der Waals surface area contributed by atoms with Crippen LogP contribution in [0.5, 0.6) is 0 Å². The van der Waals surface area contributed by atoms with Gasteiger partial charge in [-0.1, -0.05) is 17.7 Å². The van der Waals surface area contributed by atoms with E-state index in [4.69, 9.17) is 0 Å². The monoisotopic (exact) mass is 280 g/mol. The van der Waals surface area contributed by atoms with E-state index in [1.807, 2.05) is 26.0 Å². The maximum absolute atomic E-state index is 11.8. The van der Waals surface area contributed by atoms with E-state index in [9.17, 15) is 9.59 Å². The van der Waals surface area contributed by atoms with Crippen LogP contribution in [0, 0.1) is 13.8 Å². The lowest BCUT2D eigenvalue weighted by Crippen LogP contribution is -2.42. The zero-order valence-corrected chi connectivity index (χ0v) is 12.6. The lowest BCUT2D eigenvalue weighted by Gasteiger charge is -2.13. The second-order valence-electron chi connectivity index (χ2n) is 4.38. The maximum Gasteiger partial charge on any atom is 0.321 e. The maximum atomic E-state index is 11.8. The number of carbonyl (C=O) groups excluding carboxylic acids is 2. The van der Waals surface area contributed by atoms with E-state index < -0.39 is 6.03 Å². The Bertz CT molecular complexity index is 475. The predicted octanol–water partition coefficient (Wildman–Crippen LogP) is 2.63. The molecule has 0 aliphatic rings. The Kier molecular flexibility index (Phi) is 5.89. The number of urea groups is 1. The van der Waals surface area contributed by atoms with Gasteiger partial charge in [-0.25, -0.2) is 4.79 Å². The highest BCUT2D eigenvalue weighted by Gasteiger charge is 2.17. The van der Waals surface area contributed by atoms with Crippen molar-refractivity contribution in [3.63, 3.8) is 0 Å². The molecule has 1 aromatic carbocycles. The van der Waals surface area contributed by atoms with Gasteiger partial charge in [0.15, 0.2) is 0 Å². The van der Waals surface area contributed by atoms with Gasteiger partial charge in [-0.2, -0.15) is 0 Å². The lowest BCUT2D eigenvalue weighted by atomic mass is 10.2. The van der Waals surface area contributed by atoms with Gasteiger partial charge < -0.3 is 5.32 Å². The van der Waals surface area contributed by atoms with Gasteiger partial charge in [0.2, 0.25) is 5.91 Å². The van der Waals surface area contributed by atoms with Crippen molar-refractivity contribution in [1.82, 2.24) is 10.6 Å². The molecule has 0 aromatic heterocycles. The minimum Gasteiger partial charge on any atom is -0.338 e. The summed E-state index contributed by atoms with van der Waals surface area (Å²) in [4.78, 5) is 24.2. The molecule has 0 radical (unpaired) electrons. The third-order valence-electron chi connectivity index (χ3n) is 2.59. The molecule has 1 rings (SSSR count). The topological polar surface area (TPSA) is 58.2 Å². The van der Waals surface area contributed by atoms with Crippen LogP contribution in [0.25, 0.3) is 0 Å². The molecule has 0 aliphatic carbocycles. The first-order valence-electron chi connectivity index (χ1n) is 6.26. The molecule has 3 amide bonds. The molecule has 2 N–H and O–H groups in total. The summed E-state index contributed by atoms with van der Waals surface area (Å²) in [5.74, 6) is -0.281. The molecule has 4 nitrogen and oxygen atoms in total. The summed E-state index contributed by atoms with van der Waals surface area (Å²) >= 11 is 1.46. The van der Waals surface area contributed by atoms with Crippen LogP contribution in [-0.2, 0) is 4.79 Å². The van der Waals surface area contributed by atoms with Crippen molar-refractivity contribution >= 4 is 23.7 Å². The van der Waals surface area contributed by atoms with E-state index in [2.05, 4.69) is 16.7 Å². The first-order valence-corrected chi connectivity index (χ1v) is 7.14. The lowest BCUT2D eigenvalue weighted by molar-refractivity contribution is -0.119. The van der Waals surface area contributed by atoms with Crippen LogP contribution in [0.1, 0.15) is 25.0 Å². The fourth-order valence-corrected chi connectivity index (χ4v) is 2.55. The van der Waals surface area contributed by atoms with Crippen molar-refractivity contribution in [1.29, 1.82) is 0 Å². The van der Waals surface area contributed by atoms with Gasteiger partial charge in [0, 0.05) is 11.4 Å². The number of aryl methyl sites for hydroxylation is 2. The van der Waals surface area contributed by atoms with Gasteiger partial charge in [-0.05, 0) is 39.3 Å². The van der Waals surface area contributed by atoms with Crippen molar-refractivity contribution in [3.05, 3.63) is 29.3 Å². The molecule has 0 spiro atoms. The number of imide groups is 1. The van der Waals surface area contributed by atoms with Gasteiger partial charge in [0.25, 0.3) is 0 Å². The Morgan fingerprint density at radius 3 is 2.63 bits per heavy atom. The molecule has 0 bridgehead atoms. The van der Waals surface area contributed by atoms with Crippen molar-refractivity contribution in [3.8, 4) is 0 Å². The van der Waals surface area contributed by atoms with Crippen molar-refractivity contribution in [2.75, 3.05) is 6.54 Å². The Morgan fingerprint density at radius 1 is 1.32 bits per heavy atom. The van der Waals surface area contributed by atoms with Crippen LogP contribution in [0.3, 0.4) is 0 Å². The minimum atomic E-state index is -0.444. The van der Waals surface area contributed by atoms with Crippen molar-refractivity contribution < 1.29 is 9.59 Å². The molecule has 0 saturated carbocycles. The van der Waals surface area contributed by atoms with E-state index in [0.29, 0.717) is 6.54 Å². The van der Waals surface area contributed by atoms with Gasteiger partial charge in [0.05, 0.1) is 5.25 Å². The van der Waals surface area contributed by atoms with E-state index in [-0.39, 0.29) is 11.2 Å².